The van der Waals surface area contributed by atoms with E-state index in [-0.39, 0.29) is 5.91 Å². The van der Waals surface area contributed by atoms with Crippen LogP contribution in [0.15, 0.2) is 42.5 Å². The van der Waals surface area contributed by atoms with E-state index in [0.717, 1.165) is 36.6 Å². The third-order valence-corrected chi connectivity index (χ3v) is 4.57. The van der Waals surface area contributed by atoms with Crippen molar-refractivity contribution in [2.45, 2.75) is 38.9 Å². The number of amides is 1. The zero-order valence-corrected chi connectivity index (χ0v) is 14.9. The van der Waals surface area contributed by atoms with E-state index in [1.54, 1.807) is 7.11 Å². The molecule has 1 aliphatic rings. The quantitative estimate of drug-likeness (QED) is 0.879. The second kappa shape index (κ2) is 8.12. The molecule has 2 heterocycles. The summed E-state index contributed by atoms with van der Waals surface area (Å²) in [5, 5.41) is 2.81. The van der Waals surface area contributed by atoms with Crippen molar-refractivity contribution in [3.05, 3.63) is 59.4 Å². The fraction of sp³-hybridized carbons (Fsp3) is 0.400. The summed E-state index contributed by atoms with van der Waals surface area (Å²) in [6.07, 6.45) is 2.28. The highest BCUT2D eigenvalue weighted by molar-refractivity contribution is 5.72. The molecular formula is C20H25N3O2. The summed E-state index contributed by atoms with van der Waals surface area (Å²) >= 11 is 0. The molecule has 0 bridgehead atoms. The second-order valence-corrected chi connectivity index (χ2v) is 6.44. The highest BCUT2D eigenvalue weighted by Crippen LogP contribution is 2.32. The topological polar surface area (TPSA) is 54.5 Å². The lowest BCUT2D eigenvalue weighted by atomic mass is 10.1. The van der Waals surface area contributed by atoms with Gasteiger partial charge >= 0.3 is 0 Å². The maximum absolute atomic E-state index is 11.1. The van der Waals surface area contributed by atoms with Crippen LogP contribution in [0, 0.1) is 0 Å². The van der Waals surface area contributed by atoms with Gasteiger partial charge in [-0.15, -0.1) is 0 Å². The van der Waals surface area contributed by atoms with Gasteiger partial charge in [0.15, 0.2) is 0 Å². The lowest BCUT2D eigenvalue weighted by molar-refractivity contribution is -0.119. The summed E-state index contributed by atoms with van der Waals surface area (Å²) in [4.78, 5) is 18.4. The van der Waals surface area contributed by atoms with Crippen LogP contribution < -0.4 is 10.1 Å². The van der Waals surface area contributed by atoms with Gasteiger partial charge in [0.2, 0.25) is 5.91 Å². The number of aromatic nitrogens is 1. The van der Waals surface area contributed by atoms with Crippen LogP contribution in [0.25, 0.3) is 0 Å². The van der Waals surface area contributed by atoms with Gasteiger partial charge in [-0.2, -0.15) is 0 Å². The predicted molar refractivity (Wildman–Crippen MR) is 97.1 cm³/mol. The van der Waals surface area contributed by atoms with E-state index in [9.17, 15) is 4.79 Å². The molecule has 3 rings (SSSR count). The number of carbonyl (C=O) groups excluding carboxylic acids is 1. The summed E-state index contributed by atoms with van der Waals surface area (Å²) in [5.41, 5.74) is 3.24. The molecule has 5 nitrogen and oxygen atoms in total. The molecule has 0 spiro atoms. The highest BCUT2D eigenvalue weighted by atomic mass is 16.5. The average Bonchev–Trinajstić information content (AvgIpc) is 3.08. The Morgan fingerprint density at radius 3 is 2.96 bits per heavy atom. The number of nitrogens with one attached hydrogen (secondary N) is 1. The van der Waals surface area contributed by atoms with Crippen LogP contribution in [0.1, 0.15) is 42.8 Å². The lowest BCUT2D eigenvalue weighted by Gasteiger charge is -2.24. The number of benzene rings is 1. The Morgan fingerprint density at radius 2 is 2.16 bits per heavy atom. The number of ether oxygens (including phenoxy) is 1. The van der Waals surface area contributed by atoms with E-state index in [0.29, 0.717) is 12.6 Å². The Labute approximate surface area is 149 Å². The molecule has 1 aromatic carbocycles. The van der Waals surface area contributed by atoms with Gasteiger partial charge in [0.25, 0.3) is 0 Å². The van der Waals surface area contributed by atoms with E-state index >= 15 is 0 Å². The van der Waals surface area contributed by atoms with Crippen LogP contribution in [0.2, 0.25) is 0 Å². The molecule has 1 amide bonds. The van der Waals surface area contributed by atoms with E-state index in [1.165, 1.54) is 18.9 Å². The van der Waals surface area contributed by atoms with Crippen molar-refractivity contribution in [1.82, 2.24) is 15.2 Å². The molecule has 5 heteroatoms. The van der Waals surface area contributed by atoms with Crippen molar-refractivity contribution in [1.29, 1.82) is 0 Å². The van der Waals surface area contributed by atoms with Gasteiger partial charge in [-0.1, -0.05) is 18.2 Å². The predicted octanol–water partition coefficient (Wildman–Crippen LogP) is 3.06. The molecule has 0 radical (unpaired) electrons. The molecule has 1 N–H and O–H groups in total. The Hall–Kier alpha value is -2.40. The number of nitrogens with zero attached hydrogens (tertiary/aromatic N) is 2. The molecule has 1 atom stereocenters. The van der Waals surface area contributed by atoms with Crippen molar-refractivity contribution in [2.75, 3.05) is 13.7 Å². The van der Waals surface area contributed by atoms with Crippen LogP contribution in [-0.4, -0.2) is 29.4 Å². The summed E-state index contributed by atoms with van der Waals surface area (Å²) in [5.74, 6) is 0.858. The maximum atomic E-state index is 11.1. The zero-order chi connectivity index (χ0) is 17.6. The van der Waals surface area contributed by atoms with E-state index in [2.05, 4.69) is 28.4 Å². The molecule has 0 aliphatic carbocycles. The Morgan fingerprint density at radius 1 is 1.32 bits per heavy atom. The summed E-state index contributed by atoms with van der Waals surface area (Å²) in [6.45, 7) is 3.96. The summed E-state index contributed by atoms with van der Waals surface area (Å²) in [6, 6.07) is 14.6. The second-order valence-electron chi connectivity index (χ2n) is 6.44. The fourth-order valence-electron chi connectivity index (χ4n) is 3.35. The average molecular weight is 339 g/mol. The molecule has 0 saturated carbocycles. The molecular weight excluding hydrogens is 314 g/mol. The Bertz CT molecular complexity index is 732. The molecule has 1 unspecified atom stereocenters. The van der Waals surface area contributed by atoms with E-state index < -0.39 is 0 Å². The first-order valence-electron chi connectivity index (χ1n) is 8.73. The first-order chi connectivity index (χ1) is 12.2. The molecule has 132 valence electrons. The highest BCUT2D eigenvalue weighted by Gasteiger charge is 2.27. The molecule has 25 heavy (non-hydrogen) atoms. The number of rotatable bonds is 6. The summed E-state index contributed by atoms with van der Waals surface area (Å²) in [7, 11) is 1.70. The monoisotopic (exact) mass is 339 g/mol. The van der Waals surface area contributed by atoms with Crippen molar-refractivity contribution < 1.29 is 9.53 Å². The number of hydrogen-bond acceptors (Lipinski definition) is 4. The zero-order valence-electron chi connectivity index (χ0n) is 14.9. The molecule has 1 aromatic heterocycles. The van der Waals surface area contributed by atoms with Crippen molar-refractivity contribution in [2.24, 2.45) is 0 Å². The Kier molecular flexibility index (Phi) is 5.66. The van der Waals surface area contributed by atoms with Gasteiger partial charge in [0, 0.05) is 13.5 Å². The number of likely N-dealkylation sites (tertiary alicyclic amines) is 1. The summed E-state index contributed by atoms with van der Waals surface area (Å²) < 4.78 is 5.33. The number of hydrogen-bond donors (Lipinski definition) is 1. The first-order valence-corrected chi connectivity index (χ1v) is 8.73. The molecule has 2 aromatic rings. The minimum absolute atomic E-state index is 0.0345. The van der Waals surface area contributed by atoms with Gasteiger partial charge in [-0.05, 0) is 49.2 Å². The van der Waals surface area contributed by atoms with Crippen molar-refractivity contribution in [3.8, 4) is 5.75 Å². The van der Waals surface area contributed by atoms with Crippen LogP contribution in [0.5, 0.6) is 5.75 Å². The molecule has 1 aliphatic heterocycles. The number of pyridine rings is 1. The normalized spacial score (nSPS) is 17.4. The minimum Gasteiger partial charge on any atom is -0.497 e. The number of methoxy groups -OCH3 is 1. The fourth-order valence-corrected chi connectivity index (χ4v) is 3.35. The van der Waals surface area contributed by atoms with E-state index in [1.807, 2.05) is 24.3 Å². The third kappa shape index (κ3) is 4.57. The number of carbonyl (C=O) groups is 1. The van der Waals surface area contributed by atoms with Crippen LogP contribution in [-0.2, 0) is 17.9 Å². The lowest BCUT2D eigenvalue weighted by Crippen LogP contribution is -2.24. The van der Waals surface area contributed by atoms with Gasteiger partial charge in [-0.3, -0.25) is 14.7 Å². The first kappa shape index (κ1) is 17.4. The Balaban J connectivity index is 1.72. The standard InChI is InChI=1S/C20H25N3O2/c1-15(24)21-13-17-7-4-9-19(22-17)20-10-5-11-23(20)14-16-6-3-8-18(12-16)25-2/h3-4,6-9,12,20H,5,10-11,13-14H2,1-2H3,(H,21,24). The van der Waals surface area contributed by atoms with Crippen LogP contribution in [0.3, 0.4) is 0 Å². The smallest absolute Gasteiger partial charge is 0.217 e. The third-order valence-electron chi connectivity index (χ3n) is 4.57. The van der Waals surface area contributed by atoms with Crippen molar-refractivity contribution >= 4 is 5.91 Å². The maximum Gasteiger partial charge on any atom is 0.217 e. The molecule has 1 saturated heterocycles. The SMILES string of the molecule is COc1cccc(CN2CCCC2c2cccc(CNC(C)=O)n2)c1. The van der Waals surface area contributed by atoms with Crippen molar-refractivity contribution in [3.63, 3.8) is 0 Å². The van der Waals surface area contributed by atoms with E-state index in [4.69, 9.17) is 9.72 Å². The van der Waals surface area contributed by atoms with Gasteiger partial charge in [0.1, 0.15) is 5.75 Å². The van der Waals surface area contributed by atoms with Crippen LogP contribution >= 0.6 is 0 Å². The van der Waals surface area contributed by atoms with Gasteiger partial charge < -0.3 is 10.1 Å². The van der Waals surface area contributed by atoms with Crippen LogP contribution in [0.4, 0.5) is 0 Å². The molecule has 1 fully saturated rings. The van der Waals surface area contributed by atoms with Gasteiger partial charge in [-0.25, -0.2) is 0 Å². The largest absolute Gasteiger partial charge is 0.497 e. The van der Waals surface area contributed by atoms with Gasteiger partial charge in [0.05, 0.1) is 31.1 Å². The minimum atomic E-state index is -0.0345.